The van der Waals surface area contributed by atoms with Gasteiger partial charge >= 0.3 is 5.97 Å². The molecule has 0 aliphatic heterocycles. The summed E-state index contributed by atoms with van der Waals surface area (Å²) >= 11 is 0. The molecule has 1 fully saturated rings. The monoisotopic (exact) mass is 434 g/mol. The number of Topliss-reactive ketones (excluding diaryl/α,β-unsaturated/α-hetero) is 1. The zero-order valence-corrected chi connectivity index (χ0v) is 19.9. The van der Waals surface area contributed by atoms with Gasteiger partial charge in [0.1, 0.15) is 11.2 Å². The fourth-order valence-electron chi connectivity index (χ4n) is 6.23. The number of hydrogen-bond donors (Lipinski definition) is 3. The molecule has 31 heavy (non-hydrogen) atoms. The van der Waals surface area contributed by atoms with Gasteiger partial charge in [-0.25, -0.2) is 0 Å². The minimum atomic E-state index is -1.78. The Kier molecular flexibility index (Phi) is 5.87. The summed E-state index contributed by atoms with van der Waals surface area (Å²) in [4.78, 5) is 25.6. The average Bonchev–Trinajstić information content (AvgIpc) is 2.85. The minimum Gasteiger partial charge on any atom is -0.459 e. The quantitative estimate of drug-likeness (QED) is 0.464. The Hall–Kier alpha value is -1.50. The van der Waals surface area contributed by atoms with Gasteiger partial charge in [0.25, 0.3) is 0 Å². The fraction of sp³-hybridized carbons (Fsp3) is 0.760. The highest BCUT2D eigenvalue weighted by Gasteiger charge is 2.70. The van der Waals surface area contributed by atoms with Crippen molar-refractivity contribution in [3.8, 4) is 0 Å². The van der Waals surface area contributed by atoms with Gasteiger partial charge in [0.05, 0.1) is 18.1 Å². The van der Waals surface area contributed by atoms with Gasteiger partial charge in [0.2, 0.25) is 0 Å². The Morgan fingerprint density at radius 3 is 2.32 bits per heavy atom. The van der Waals surface area contributed by atoms with Gasteiger partial charge in [-0.2, -0.15) is 0 Å². The van der Waals surface area contributed by atoms with Crippen LogP contribution in [0.3, 0.4) is 0 Å². The van der Waals surface area contributed by atoms with Gasteiger partial charge in [0, 0.05) is 23.7 Å². The van der Waals surface area contributed by atoms with Crippen molar-refractivity contribution < 1.29 is 29.6 Å². The lowest BCUT2D eigenvalue weighted by Crippen LogP contribution is -2.69. The molecule has 0 heterocycles. The molecule has 3 rings (SSSR count). The summed E-state index contributed by atoms with van der Waals surface area (Å²) in [6.07, 6.45) is 4.53. The van der Waals surface area contributed by atoms with Gasteiger partial charge < -0.3 is 20.1 Å². The van der Waals surface area contributed by atoms with Crippen molar-refractivity contribution in [2.45, 2.75) is 84.5 Å². The third-order valence-electron chi connectivity index (χ3n) is 8.50. The van der Waals surface area contributed by atoms with Crippen molar-refractivity contribution in [3.63, 3.8) is 0 Å². The highest BCUT2D eigenvalue weighted by molar-refractivity contribution is 6.04. The second kappa shape index (κ2) is 7.53. The summed E-state index contributed by atoms with van der Waals surface area (Å²) in [5.74, 6) is -2.63. The lowest BCUT2D eigenvalue weighted by molar-refractivity contribution is -0.250. The van der Waals surface area contributed by atoms with E-state index < -0.39 is 39.8 Å². The number of carbonyl (C=O) groups excluding carboxylic acids is 2. The number of fused-ring (bicyclic) bond motifs is 3. The fourth-order valence-corrected chi connectivity index (χ4v) is 6.23. The number of ether oxygens (including phenoxy) is 1. The van der Waals surface area contributed by atoms with Crippen LogP contribution in [0.5, 0.6) is 0 Å². The number of aliphatic hydroxyl groups excluding tert-OH is 1. The van der Waals surface area contributed by atoms with Gasteiger partial charge in [-0.3, -0.25) is 9.59 Å². The van der Waals surface area contributed by atoms with Crippen LogP contribution in [0.4, 0.5) is 0 Å². The van der Waals surface area contributed by atoms with Crippen LogP contribution in [0.1, 0.15) is 67.7 Å². The Morgan fingerprint density at radius 1 is 1.19 bits per heavy atom. The van der Waals surface area contributed by atoms with E-state index in [9.17, 15) is 24.9 Å². The first-order chi connectivity index (χ1) is 14.2. The number of hydrogen-bond acceptors (Lipinski definition) is 6. The largest absolute Gasteiger partial charge is 0.459 e. The molecule has 1 saturated carbocycles. The molecule has 0 bridgehead atoms. The summed E-state index contributed by atoms with van der Waals surface area (Å²) in [5.41, 5.74) is -3.85. The van der Waals surface area contributed by atoms with Gasteiger partial charge in [-0.1, -0.05) is 53.2 Å². The summed E-state index contributed by atoms with van der Waals surface area (Å²) in [6, 6.07) is 0. The van der Waals surface area contributed by atoms with Crippen LogP contribution in [0.2, 0.25) is 0 Å². The van der Waals surface area contributed by atoms with Crippen LogP contribution in [0.15, 0.2) is 23.3 Å². The molecule has 0 spiro atoms. The Morgan fingerprint density at radius 2 is 1.81 bits per heavy atom. The zero-order valence-electron chi connectivity index (χ0n) is 19.9. The first-order valence-electron chi connectivity index (χ1n) is 11.4. The van der Waals surface area contributed by atoms with Crippen molar-refractivity contribution in [3.05, 3.63) is 23.3 Å². The molecule has 6 heteroatoms. The van der Waals surface area contributed by atoms with Crippen molar-refractivity contribution in [2.75, 3.05) is 6.61 Å². The number of carbonyl (C=O) groups is 2. The number of esters is 1. The maximum absolute atomic E-state index is 13.0. The van der Waals surface area contributed by atoms with Gasteiger partial charge in [-0.15, -0.1) is 0 Å². The molecule has 0 amide bonds. The zero-order chi connectivity index (χ0) is 23.6. The molecule has 0 aromatic rings. The van der Waals surface area contributed by atoms with Crippen LogP contribution in [-0.2, 0) is 14.3 Å². The first-order valence-corrected chi connectivity index (χ1v) is 11.4. The van der Waals surface area contributed by atoms with Crippen molar-refractivity contribution in [2.24, 2.45) is 29.1 Å². The van der Waals surface area contributed by atoms with Crippen molar-refractivity contribution in [1.82, 2.24) is 0 Å². The molecule has 174 valence electrons. The average molecular weight is 435 g/mol. The highest BCUT2D eigenvalue weighted by atomic mass is 16.6. The van der Waals surface area contributed by atoms with E-state index in [1.807, 2.05) is 33.8 Å². The second-order valence-electron chi connectivity index (χ2n) is 10.9. The Balaban J connectivity index is 2.23. The van der Waals surface area contributed by atoms with Crippen molar-refractivity contribution >= 4 is 11.8 Å². The molecule has 3 aliphatic carbocycles. The molecule has 6 nitrogen and oxygen atoms in total. The van der Waals surface area contributed by atoms with E-state index in [0.29, 0.717) is 24.0 Å². The minimum absolute atomic E-state index is 0.0192. The predicted molar refractivity (Wildman–Crippen MR) is 117 cm³/mol. The number of rotatable bonds is 4. The van der Waals surface area contributed by atoms with E-state index in [-0.39, 0.29) is 30.8 Å². The summed E-state index contributed by atoms with van der Waals surface area (Å²) in [7, 11) is 0. The molecule has 3 aliphatic rings. The molecule has 3 N–H and O–H groups in total. The van der Waals surface area contributed by atoms with E-state index in [1.54, 1.807) is 26.8 Å². The SMILES string of the molecule is CC[C@@H]1C[C@@](C)(OC(=O)C(C)C)C(C)(C)[C@@H]2C=C(CO)C[C@]3(O)C(=O)C(C)=C[C@H]3[C@@]12O. The van der Waals surface area contributed by atoms with E-state index in [1.165, 1.54) is 0 Å². The lowest BCUT2D eigenvalue weighted by Gasteiger charge is -2.62. The molecule has 0 unspecified atom stereocenters. The molecule has 0 aromatic carbocycles. The summed E-state index contributed by atoms with van der Waals surface area (Å²) in [6.45, 7) is 12.8. The van der Waals surface area contributed by atoms with Crippen LogP contribution in [0, 0.1) is 29.1 Å². The van der Waals surface area contributed by atoms with E-state index in [2.05, 4.69) is 0 Å². The lowest BCUT2D eigenvalue weighted by atomic mass is 9.47. The number of ketones is 1. The van der Waals surface area contributed by atoms with E-state index >= 15 is 0 Å². The molecule has 0 saturated heterocycles. The topological polar surface area (TPSA) is 104 Å². The molecular weight excluding hydrogens is 396 g/mol. The Bertz CT molecular complexity index is 839. The van der Waals surface area contributed by atoms with E-state index in [0.717, 1.165) is 0 Å². The Labute approximate surface area is 185 Å². The standard InChI is InChI=1S/C25H38O6/c1-8-17-12-23(7,31-21(28)14(2)3)22(5,6)18-10-16(13-26)11-24(29)19(25(17,18)30)9-15(4)20(24)27/h9-10,14,17-19,26,29-30H,8,11-13H2,1-7H3/t17-,18+,19-,23-,24-,25-/m1/s1. The normalized spacial score (nSPS) is 41.8. The third-order valence-corrected chi connectivity index (χ3v) is 8.50. The maximum atomic E-state index is 13.0. The van der Waals surface area contributed by atoms with Crippen LogP contribution >= 0.6 is 0 Å². The predicted octanol–water partition coefficient (Wildman–Crippen LogP) is 2.95. The molecule has 6 atom stereocenters. The van der Waals surface area contributed by atoms with Crippen LogP contribution < -0.4 is 0 Å². The van der Waals surface area contributed by atoms with Crippen LogP contribution in [-0.4, -0.2) is 50.5 Å². The second-order valence-corrected chi connectivity index (χ2v) is 10.9. The molecule has 0 aromatic heterocycles. The molecule has 0 radical (unpaired) electrons. The van der Waals surface area contributed by atoms with Crippen molar-refractivity contribution in [1.29, 1.82) is 0 Å². The smallest absolute Gasteiger partial charge is 0.308 e. The summed E-state index contributed by atoms with van der Waals surface area (Å²) < 4.78 is 6.08. The maximum Gasteiger partial charge on any atom is 0.308 e. The summed E-state index contributed by atoms with van der Waals surface area (Å²) in [5, 5.41) is 34.0. The van der Waals surface area contributed by atoms with E-state index in [4.69, 9.17) is 4.74 Å². The highest BCUT2D eigenvalue weighted by Crippen LogP contribution is 2.63. The third kappa shape index (κ3) is 3.25. The van der Waals surface area contributed by atoms with Crippen LogP contribution in [0.25, 0.3) is 0 Å². The molecular formula is C25H38O6. The first kappa shape index (κ1) is 24.1. The van der Waals surface area contributed by atoms with Gasteiger partial charge in [0.15, 0.2) is 5.78 Å². The van der Waals surface area contributed by atoms with Gasteiger partial charge in [-0.05, 0) is 37.3 Å². The number of aliphatic hydroxyl groups is 3.